The van der Waals surface area contributed by atoms with Gasteiger partial charge in [-0.15, -0.1) is 11.8 Å². The van der Waals surface area contributed by atoms with Gasteiger partial charge in [0.1, 0.15) is 5.03 Å². The number of rotatable bonds is 5. The summed E-state index contributed by atoms with van der Waals surface area (Å²) in [4.78, 5) is 15.1. The summed E-state index contributed by atoms with van der Waals surface area (Å²) in [5, 5.41) is 19.5. The lowest BCUT2D eigenvalue weighted by Crippen LogP contribution is -2.04. The minimum absolute atomic E-state index is 0.160. The molecule has 2 N–H and O–H groups in total. The minimum Gasteiger partial charge on any atom is -0.478 e. The second-order valence-corrected chi connectivity index (χ2v) is 4.91. The van der Waals surface area contributed by atoms with Crippen molar-refractivity contribution in [3.63, 3.8) is 0 Å². The minimum atomic E-state index is -1.01. The molecule has 0 amide bonds. The third-order valence-electron chi connectivity index (χ3n) is 2.56. The van der Waals surface area contributed by atoms with Crippen molar-refractivity contribution in [3.8, 4) is 0 Å². The molecule has 0 aliphatic heterocycles. The van der Waals surface area contributed by atoms with E-state index in [4.69, 9.17) is 5.11 Å². The Balaban J connectivity index is 2.05. The van der Waals surface area contributed by atoms with Gasteiger partial charge < -0.3 is 10.2 Å². The molecule has 98 valence electrons. The third kappa shape index (κ3) is 3.56. The summed E-state index contributed by atoms with van der Waals surface area (Å²) >= 11 is 1.24. The molecule has 0 fully saturated rings. The highest BCUT2D eigenvalue weighted by Crippen LogP contribution is 2.25. The van der Waals surface area contributed by atoms with E-state index in [2.05, 4.69) is 4.98 Å². The molecule has 5 heteroatoms. The molecule has 1 atom stereocenters. The number of aliphatic hydroxyl groups is 1. The number of aromatic carboxylic acids is 1. The zero-order valence-electron chi connectivity index (χ0n) is 10.1. The first-order chi connectivity index (χ1) is 9.18. The molecule has 0 spiro atoms. The van der Waals surface area contributed by atoms with E-state index >= 15 is 0 Å². The molecule has 19 heavy (non-hydrogen) atoms. The fourth-order valence-corrected chi connectivity index (χ4v) is 2.55. The van der Waals surface area contributed by atoms with Crippen LogP contribution in [0, 0.1) is 0 Å². The van der Waals surface area contributed by atoms with Crippen LogP contribution in [0.4, 0.5) is 0 Å². The molecular weight excluding hydrogens is 262 g/mol. The highest BCUT2D eigenvalue weighted by Gasteiger charge is 2.13. The van der Waals surface area contributed by atoms with Gasteiger partial charge in [-0.2, -0.15) is 0 Å². The summed E-state index contributed by atoms with van der Waals surface area (Å²) in [6, 6.07) is 12.3. The average molecular weight is 275 g/mol. The number of hydrogen-bond acceptors (Lipinski definition) is 4. The van der Waals surface area contributed by atoms with E-state index in [1.54, 1.807) is 12.3 Å². The van der Waals surface area contributed by atoms with Crippen LogP contribution >= 0.6 is 11.8 Å². The van der Waals surface area contributed by atoms with Gasteiger partial charge in [0, 0.05) is 11.9 Å². The molecule has 0 saturated heterocycles. The number of nitrogens with zero attached hydrogens (tertiary/aromatic N) is 1. The lowest BCUT2D eigenvalue weighted by molar-refractivity contribution is 0.0692. The largest absolute Gasteiger partial charge is 0.478 e. The van der Waals surface area contributed by atoms with Crippen LogP contribution in [0.5, 0.6) is 0 Å². The smallest absolute Gasteiger partial charge is 0.338 e. The molecule has 2 aromatic rings. The molecule has 0 radical (unpaired) electrons. The molecule has 0 aliphatic carbocycles. The molecule has 1 unspecified atom stereocenters. The molecule has 0 aliphatic rings. The maximum Gasteiger partial charge on any atom is 0.338 e. The van der Waals surface area contributed by atoms with Gasteiger partial charge in [-0.05, 0) is 17.7 Å². The van der Waals surface area contributed by atoms with Crippen molar-refractivity contribution >= 4 is 17.7 Å². The Labute approximate surface area is 115 Å². The number of carboxylic acids is 1. The maximum absolute atomic E-state index is 11.0. The van der Waals surface area contributed by atoms with Crippen molar-refractivity contribution in [2.24, 2.45) is 0 Å². The van der Waals surface area contributed by atoms with Gasteiger partial charge in [-0.3, -0.25) is 0 Å². The number of carboxylic acid groups (broad SMARTS) is 1. The highest BCUT2D eigenvalue weighted by atomic mass is 32.2. The Bertz CT molecular complexity index is 560. The van der Waals surface area contributed by atoms with Crippen LogP contribution in [0.1, 0.15) is 22.0 Å². The molecule has 1 aromatic heterocycles. The van der Waals surface area contributed by atoms with Gasteiger partial charge >= 0.3 is 5.97 Å². The number of carbonyl (C=O) groups is 1. The molecular formula is C14H13NO3S. The number of pyridine rings is 1. The lowest BCUT2D eigenvalue weighted by atomic mass is 10.1. The van der Waals surface area contributed by atoms with E-state index in [0.29, 0.717) is 10.8 Å². The van der Waals surface area contributed by atoms with Gasteiger partial charge in [0.15, 0.2) is 0 Å². The van der Waals surface area contributed by atoms with E-state index in [9.17, 15) is 9.90 Å². The third-order valence-corrected chi connectivity index (χ3v) is 3.64. The Morgan fingerprint density at radius 2 is 1.95 bits per heavy atom. The van der Waals surface area contributed by atoms with Crippen molar-refractivity contribution in [1.29, 1.82) is 0 Å². The van der Waals surface area contributed by atoms with Crippen molar-refractivity contribution in [2.45, 2.75) is 11.1 Å². The average Bonchev–Trinajstić information content (AvgIpc) is 2.46. The molecule has 1 aromatic carbocycles. The summed E-state index contributed by atoms with van der Waals surface area (Å²) in [5.74, 6) is -0.647. The number of aliphatic hydroxyl groups excluding tert-OH is 1. The maximum atomic E-state index is 11.0. The predicted molar refractivity (Wildman–Crippen MR) is 73.3 cm³/mol. The molecule has 0 saturated carbocycles. The van der Waals surface area contributed by atoms with Crippen LogP contribution in [-0.4, -0.2) is 26.9 Å². The van der Waals surface area contributed by atoms with Crippen molar-refractivity contribution in [2.75, 3.05) is 5.75 Å². The number of hydrogen-bond donors (Lipinski definition) is 2. The first-order valence-corrected chi connectivity index (χ1v) is 6.71. The van der Waals surface area contributed by atoms with Gasteiger partial charge in [-0.1, -0.05) is 30.3 Å². The molecule has 0 bridgehead atoms. The topological polar surface area (TPSA) is 70.4 Å². The number of benzene rings is 1. The first kappa shape index (κ1) is 13.6. The van der Waals surface area contributed by atoms with Gasteiger partial charge in [-0.25, -0.2) is 9.78 Å². The molecule has 2 rings (SSSR count). The zero-order chi connectivity index (χ0) is 13.7. The lowest BCUT2D eigenvalue weighted by Gasteiger charge is -2.10. The van der Waals surface area contributed by atoms with Gasteiger partial charge in [0.25, 0.3) is 0 Å². The van der Waals surface area contributed by atoms with Crippen molar-refractivity contribution in [3.05, 3.63) is 59.8 Å². The monoisotopic (exact) mass is 275 g/mol. The fraction of sp³-hybridized carbons (Fsp3) is 0.143. The predicted octanol–water partition coefficient (Wildman–Crippen LogP) is 2.61. The first-order valence-electron chi connectivity index (χ1n) is 5.72. The SMILES string of the molecule is O=C(O)c1cccnc1SCC(O)c1ccccc1. The zero-order valence-corrected chi connectivity index (χ0v) is 10.9. The number of aromatic nitrogens is 1. The van der Waals surface area contributed by atoms with E-state index < -0.39 is 12.1 Å². The molecule has 1 heterocycles. The van der Waals surface area contributed by atoms with E-state index in [0.717, 1.165) is 5.56 Å². The summed E-state index contributed by atoms with van der Waals surface area (Å²) in [6.45, 7) is 0. The molecule has 4 nitrogen and oxygen atoms in total. The van der Waals surface area contributed by atoms with Crippen molar-refractivity contribution in [1.82, 2.24) is 4.98 Å². The van der Waals surface area contributed by atoms with Crippen LogP contribution in [0.2, 0.25) is 0 Å². The van der Waals surface area contributed by atoms with Crippen LogP contribution in [0.25, 0.3) is 0 Å². The van der Waals surface area contributed by atoms with E-state index in [1.165, 1.54) is 17.8 Å². The van der Waals surface area contributed by atoms with Crippen LogP contribution in [0.15, 0.2) is 53.7 Å². The van der Waals surface area contributed by atoms with Crippen molar-refractivity contribution < 1.29 is 15.0 Å². The van der Waals surface area contributed by atoms with E-state index in [1.807, 2.05) is 30.3 Å². The summed E-state index contributed by atoms with van der Waals surface area (Å²) < 4.78 is 0. The quantitative estimate of drug-likeness (QED) is 0.821. The summed E-state index contributed by atoms with van der Waals surface area (Å²) in [7, 11) is 0. The Hall–Kier alpha value is -1.85. The standard InChI is InChI=1S/C14H13NO3S/c16-12(10-5-2-1-3-6-10)9-19-13-11(14(17)18)7-4-8-15-13/h1-8,12,16H,9H2,(H,17,18). The number of thioether (sulfide) groups is 1. The van der Waals surface area contributed by atoms with Gasteiger partial charge in [0.2, 0.25) is 0 Å². The normalized spacial score (nSPS) is 12.1. The van der Waals surface area contributed by atoms with E-state index in [-0.39, 0.29) is 5.56 Å². The van der Waals surface area contributed by atoms with Crippen LogP contribution < -0.4 is 0 Å². The Kier molecular flexibility index (Phi) is 4.54. The highest BCUT2D eigenvalue weighted by molar-refractivity contribution is 7.99. The van der Waals surface area contributed by atoms with Crippen LogP contribution in [-0.2, 0) is 0 Å². The van der Waals surface area contributed by atoms with Gasteiger partial charge in [0.05, 0.1) is 11.7 Å². The fourth-order valence-electron chi connectivity index (χ4n) is 1.60. The second kappa shape index (κ2) is 6.36. The Morgan fingerprint density at radius 1 is 1.21 bits per heavy atom. The Morgan fingerprint density at radius 3 is 2.63 bits per heavy atom. The van der Waals surface area contributed by atoms with Crippen LogP contribution in [0.3, 0.4) is 0 Å². The summed E-state index contributed by atoms with van der Waals surface area (Å²) in [5.41, 5.74) is 0.968. The second-order valence-electron chi connectivity index (χ2n) is 3.90. The summed E-state index contributed by atoms with van der Waals surface area (Å²) in [6.07, 6.45) is 0.902.